The van der Waals surface area contributed by atoms with Crippen molar-refractivity contribution in [1.82, 2.24) is 0 Å². The van der Waals surface area contributed by atoms with E-state index < -0.39 is 0 Å². The Morgan fingerprint density at radius 3 is 2.68 bits per heavy atom. The van der Waals surface area contributed by atoms with Crippen LogP contribution in [0, 0.1) is 0 Å². The lowest BCUT2D eigenvalue weighted by atomic mass is 10.1. The van der Waals surface area contributed by atoms with Gasteiger partial charge in [0, 0.05) is 22.3 Å². The molecule has 3 N–H and O–H groups in total. The average molecular weight is 382 g/mol. The zero-order valence-electron chi connectivity index (χ0n) is 13.7. The third-order valence-corrected chi connectivity index (χ3v) is 4.50. The van der Waals surface area contributed by atoms with Crippen LogP contribution in [0.1, 0.15) is 18.5 Å². The Hall–Kier alpha value is -1.95. The quantitative estimate of drug-likeness (QED) is 0.836. The van der Waals surface area contributed by atoms with Gasteiger partial charge in [0.2, 0.25) is 0 Å². The first-order valence-corrected chi connectivity index (χ1v) is 8.76. The molecule has 0 aromatic heterocycles. The monoisotopic (exact) mass is 381 g/mol. The fraction of sp³-hybridized carbons (Fsp3) is 0.278. The van der Waals surface area contributed by atoms with Gasteiger partial charge in [0.05, 0.1) is 5.02 Å². The molecule has 2 aromatic rings. The fourth-order valence-corrected chi connectivity index (χ4v) is 3.20. The van der Waals surface area contributed by atoms with E-state index in [-0.39, 0.29) is 18.5 Å². The van der Waals surface area contributed by atoms with Crippen LogP contribution in [0.4, 0.5) is 5.69 Å². The van der Waals surface area contributed by atoms with Crippen molar-refractivity contribution >= 4 is 34.8 Å². The van der Waals surface area contributed by atoms with Crippen LogP contribution in [-0.4, -0.2) is 25.7 Å². The topological polar surface area (TPSA) is 64.2 Å². The van der Waals surface area contributed by atoms with E-state index in [9.17, 15) is 4.79 Å². The number of ether oxygens (including phenoxy) is 2. The maximum absolute atomic E-state index is 12.2. The molecule has 132 valence electrons. The largest absolute Gasteiger partial charge is 0.486 e. The van der Waals surface area contributed by atoms with Crippen LogP contribution in [-0.2, 0) is 4.79 Å². The molecular formula is C18H19Cl2N2O3+. The van der Waals surface area contributed by atoms with E-state index in [4.69, 9.17) is 32.7 Å². The fourth-order valence-electron chi connectivity index (χ4n) is 2.61. The molecule has 3 rings (SSSR count). The lowest BCUT2D eigenvalue weighted by Crippen LogP contribution is -2.86. The molecule has 1 amide bonds. The summed E-state index contributed by atoms with van der Waals surface area (Å²) in [6.45, 7) is 3.32. The molecule has 1 aliphatic heterocycles. The number of carbonyl (C=O) groups is 1. The summed E-state index contributed by atoms with van der Waals surface area (Å²) in [5.74, 6) is 1.24. The number of nitrogens with two attached hydrogens (primary N) is 1. The Bertz CT molecular complexity index is 783. The number of nitrogens with one attached hydrogen (secondary N) is 1. The molecular weight excluding hydrogens is 363 g/mol. The summed E-state index contributed by atoms with van der Waals surface area (Å²) >= 11 is 12.1. The van der Waals surface area contributed by atoms with E-state index in [1.54, 1.807) is 30.3 Å². The molecule has 0 saturated heterocycles. The molecule has 2 aromatic carbocycles. The maximum atomic E-state index is 12.2. The second kappa shape index (κ2) is 7.95. The van der Waals surface area contributed by atoms with Gasteiger partial charge in [-0.25, -0.2) is 0 Å². The molecule has 1 aliphatic rings. The molecule has 0 unspecified atom stereocenters. The highest BCUT2D eigenvalue weighted by atomic mass is 35.5. The van der Waals surface area contributed by atoms with Gasteiger partial charge < -0.3 is 20.1 Å². The predicted molar refractivity (Wildman–Crippen MR) is 97.7 cm³/mol. The zero-order valence-corrected chi connectivity index (χ0v) is 15.2. The highest BCUT2D eigenvalue weighted by molar-refractivity contribution is 6.35. The molecule has 1 atom stereocenters. The minimum absolute atomic E-state index is 0.0378. The Kier molecular flexibility index (Phi) is 5.68. The van der Waals surface area contributed by atoms with Crippen molar-refractivity contribution in [2.45, 2.75) is 13.0 Å². The van der Waals surface area contributed by atoms with Gasteiger partial charge in [-0.2, -0.15) is 0 Å². The van der Waals surface area contributed by atoms with E-state index in [1.165, 1.54) is 0 Å². The van der Waals surface area contributed by atoms with E-state index in [0.29, 0.717) is 40.4 Å². The smallest absolute Gasteiger partial charge is 0.279 e. The predicted octanol–water partition coefficient (Wildman–Crippen LogP) is 3.03. The number of anilines is 1. The lowest BCUT2D eigenvalue weighted by Gasteiger charge is -2.19. The van der Waals surface area contributed by atoms with Crippen LogP contribution >= 0.6 is 23.2 Å². The Balaban J connectivity index is 1.56. The maximum Gasteiger partial charge on any atom is 0.279 e. The van der Waals surface area contributed by atoms with Crippen LogP contribution < -0.4 is 20.1 Å². The highest BCUT2D eigenvalue weighted by Gasteiger charge is 2.16. The molecule has 0 fully saturated rings. The third kappa shape index (κ3) is 4.57. The lowest BCUT2D eigenvalue weighted by molar-refractivity contribution is -0.682. The van der Waals surface area contributed by atoms with Gasteiger partial charge in [-0.05, 0) is 31.2 Å². The van der Waals surface area contributed by atoms with Crippen molar-refractivity contribution in [1.29, 1.82) is 0 Å². The van der Waals surface area contributed by atoms with Gasteiger partial charge in [-0.1, -0.05) is 29.3 Å². The molecule has 5 nitrogen and oxygen atoms in total. The van der Waals surface area contributed by atoms with Crippen molar-refractivity contribution in [3.8, 4) is 11.5 Å². The molecule has 7 heteroatoms. The zero-order chi connectivity index (χ0) is 17.8. The summed E-state index contributed by atoms with van der Waals surface area (Å²) in [6.07, 6.45) is 0. The minimum Gasteiger partial charge on any atom is -0.486 e. The summed E-state index contributed by atoms with van der Waals surface area (Å²) in [5, 5.41) is 5.98. The summed E-state index contributed by atoms with van der Waals surface area (Å²) in [7, 11) is 0. The minimum atomic E-state index is -0.103. The third-order valence-electron chi connectivity index (χ3n) is 3.94. The number of hydrogen-bond acceptors (Lipinski definition) is 3. The second-order valence-corrected chi connectivity index (χ2v) is 6.64. The van der Waals surface area contributed by atoms with Crippen LogP contribution in [0.5, 0.6) is 11.5 Å². The van der Waals surface area contributed by atoms with Crippen molar-refractivity contribution in [3.05, 3.63) is 52.0 Å². The summed E-state index contributed by atoms with van der Waals surface area (Å²) in [6, 6.07) is 10.8. The summed E-state index contributed by atoms with van der Waals surface area (Å²) in [4.78, 5) is 12.2. The highest BCUT2D eigenvalue weighted by Crippen LogP contribution is 2.32. The Morgan fingerprint density at radius 2 is 1.92 bits per heavy atom. The van der Waals surface area contributed by atoms with Crippen LogP contribution in [0.25, 0.3) is 0 Å². The standard InChI is InChI=1S/C18H18Cl2N2O3/c1-11(14-4-2-12(19)8-15(14)20)21-10-18(23)22-13-3-5-16-17(9-13)25-7-6-24-16/h2-5,8-9,11,21H,6-7,10H2,1H3,(H,22,23)/p+1/t11-/m1/s1. The first-order chi connectivity index (χ1) is 12.0. The van der Waals surface area contributed by atoms with Gasteiger partial charge in [-0.15, -0.1) is 0 Å². The van der Waals surface area contributed by atoms with E-state index >= 15 is 0 Å². The van der Waals surface area contributed by atoms with Gasteiger partial charge >= 0.3 is 0 Å². The molecule has 0 aliphatic carbocycles. The number of fused-ring (bicyclic) bond motifs is 1. The van der Waals surface area contributed by atoms with Gasteiger partial charge in [-0.3, -0.25) is 4.79 Å². The number of rotatable bonds is 5. The average Bonchev–Trinajstić information content (AvgIpc) is 2.59. The van der Waals surface area contributed by atoms with E-state index in [1.807, 2.05) is 18.3 Å². The van der Waals surface area contributed by atoms with E-state index in [0.717, 1.165) is 5.56 Å². The SMILES string of the molecule is C[C@@H]([NH2+]CC(=O)Nc1ccc2c(c1)OCCO2)c1ccc(Cl)cc1Cl. The van der Waals surface area contributed by atoms with Crippen molar-refractivity contribution < 1.29 is 19.6 Å². The molecule has 0 radical (unpaired) electrons. The molecule has 0 saturated carbocycles. The number of halogens is 2. The summed E-state index contributed by atoms with van der Waals surface area (Å²) in [5.41, 5.74) is 1.62. The number of benzene rings is 2. The Labute approximate surface area is 156 Å². The van der Waals surface area contributed by atoms with Gasteiger partial charge in [0.15, 0.2) is 18.0 Å². The Morgan fingerprint density at radius 1 is 1.16 bits per heavy atom. The van der Waals surface area contributed by atoms with E-state index in [2.05, 4.69) is 5.32 Å². The van der Waals surface area contributed by atoms with Crippen molar-refractivity contribution in [3.63, 3.8) is 0 Å². The first kappa shape index (κ1) is 17.9. The first-order valence-electron chi connectivity index (χ1n) is 8.00. The number of amides is 1. The van der Waals surface area contributed by atoms with Gasteiger partial charge in [0.25, 0.3) is 5.91 Å². The summed E-state index contributed by atoms with van der Waals surface area (Å²) < 4.78 is 11.0. The molecule has 1 heterocycles. The normalized spacial score (nSPS) is 14.0. The second-order valence-electron chi connectivity index (χ2n) is 5.80. The number of carbonyl (C=O) groups excluding carboxylic acids is 1. The van der Waals surface area contributed by atoms with Crippen LogP contribution in [0.2, 0.25) is 10.0 Å². The van der Waals surface area contributed by atoms with Crippen LogP contribution in [0.3, 0.4) is 0 Å². The van der Waals surface area contributed by atoms with Crippen molar-refractivity contribution in [2.75, 3.05) is 25.1 Å². The molecule has 0 spiro atoms. The van der Waals surface area contributed by atoms with Crippen LogP contribution in [0.15, 0.2) is 36.4 Å². The number of hydrogen-bond donors (Lipinski definition) is 2. The number of quaternary nitrogens is 1. The molecule has 25 heavy (non-hydrogen) atoms. The molecule has 0 bridgehead atoms. The van der Waals surface area contributed by atoms with Gasteiger partial charge in [0.1, 0.15) is 19.3 Å². The van der Waals surface area contributed by atoms with Crippen molar-refractivity contribution in [2.24, 2.45) is 0 Å².